The Morgan fingerprint density at radius 1 is 1.21 bits per heavy atom. The summed E-state index contributed by atoms with van der Waals surface area (Å²) in [5, 5.41) is 2.85. The van der Waals surface area contributed by atoms with Crippen molar-refractivity contribution in [2.75, 3.05) is 26.5 Å². The van der Waals surface area contributed by atoms with Gasteiger partial charge in [0.1, 0.15) is 5.75 Å². The number of rotatable bonds is 9. The van der Waals surface area contributed by atoms with E-state index in [1.807, 2.05) is 44.4 Å². The number of aryl methyl sites for hydroxylation is 1. The number of hydrogen-bond acceptors (Lipinski definition) is 5. The fraction of sp³-hybridized carbons (Fsp3) is 0.381. The van der Waals surface area contributed by atoms with E-state index in [0.29, 0.717) is 12.4 Å². The monoisotopic (exact) mass is 436 g/mol. The number of ether oxygens (including phenoxy) is 1. The lowest BCUT2D eigenvalue weighted by Crippen LogP contribution is -2.39. The smallest absolute Gasteiger partial charge is 0.243 e. The maximum atomic E-state index is 12.8. The highest BCUT2D eigenvalue weighted by molar-refractivity contribution is 7.98. The molecule has 0 unspecified atom stereocenters. The van der Waals surface area contributed by atoms with Gasteiger partial charge >= 0.3 is 0 Å². The Bertz CT molecular complexity index is 944. The van der Waals surface area contributed by atoms with Crippen LogP contribution in [0.15, 0.2) is 52.3 Å². The van der Waals surface area contributed by atoms with E-state index in [0.717, 1.165) is 20.3 Å². The van der Waals surface area contributed by atoms with Crippen LogP contribution in [0.25, 0.3) is 0 Å². The van der Waals surface area contributed by atoms with Crippen molar-refractivity contribution in [3.63, 3.8) is 0 Å². The minimum atomic E-state index is -3.78. The standard InChI is InChI=1S/C21H28N2O4S2/c1-6-27-20-12-11-19(13-15(20)2)29(25,26)23(4)14-21(24)22-16(3)17-7-9-18(28-5)10-8-17/h7-13,16H,6,14H2,1-5H3,(H,22,24)/t16-/m1/s1. The Labute approximate surface area is 177 Å². The Morgan fingerprint density at radius 2 is 1.86 bits per heavy atom. The van der Waals surface area contributed by atoms with Gasteiger partial charge in [0.25, 0.3) is 0 Å². The van der Waals surface area contributed by atoms with Gasteiger partial charge in [-0.15, -0.1) is 11.8 Å². The molecule has 158 valence electrons. The van der Waals surface area contributed by atoms with Gasteiger partial charge < -0.3 is 10.1 Å². The number of amides is 1. The molecule has 0 aliphatic rings. The van der Waals surface area contributed by atoms with Crippen molar-refractivity contribution < 1.29 is 17.9 Å². The van der Waals surface area contributed by atoms with E-state index >= 15 is 0 Å². The summed E-state index contributed by atoms with van der Waals surface area (Å²) in [6.07, 6.45) is 2.00. The number of nitrogens with zero attached hydrogens (tertiary/aromatic N) is 1. The summed E-state index contributed by atoms with van der Waals surface area (Å²) in [6, 6.07) is 12.4. The zero-order chi connectivity index (χ0) is 21.6. The number of likely N-dealkylation sites (N-methyl/N-ethyl adjacent to an activating group) is 1. The molecule has 0 aromatic heterocycles. The van der Waals surface area contributed by atoms with Gasteiger partial charge in [-0.3, -0.25) is 4.79 Å². The average molecular weight is 437 g/mol. The molecule has 0 fully saturated rings. The zero-order valence-corrected chi connectivity index (χ0v) is 19.1. The number of benzene rings is 2. The molecule has 0 heterocycles. The van der Waals surface area contributed by atoms with Crippen LogP contribution in [0.5, 0.6) is 5.75 Å². The van der Waals surface area contributed by atoms with Crippen molar-refractivity contribution in [2.24, 2.45) is 0 Å². The summed E-state index contributed by atoms with van der Waals surface area (Å²) in [4.78, 5) is 13.7. The van der Waals surface area contributed by atoms with E-state index < -0.39 is 10.0 Å². The summed E-state index contributed by atoms with van der Waals surface area (Å²) < 4.78 is 32.1. The van der Waals surface area contributed by atoms with Gasteiger partial charge in [0.05, 0.1) is 24.1 Å². The van der Waals surface area contributed by atoms with Crippen LogP contribution < -0.4 is 10.1 Å². The highest BCUT2D eigenvalue weighted by Gasteiger charge is 2.24. The predicted octanol–water partition coefficient (Wildman–Crippen LogP) is 3.61. The largest absolute Gasteiger partial charge is 0.494 e. The van der Waals surface area contributed by atoms with Crippen LogP contribution in [-0.2, 0) is 14.8 Å². The van der Waals surface area contributed by atoms with E-state index in [1.165, 1.54) is 13.1 Å². The molecular weight excluding hydrogens is 408 g/mol. The van der Waals surface area contributed by atoms with Crippen molar-refractivity contribution >= 4 is 27.7 Å². The molecule has 0 aliphatic heterocycles. The molecule has 0 saturated heterocycles. The average Bonchev–Trinajstić information content (AvgIpc) is 2.69. The highest BCUT2D eigenvalue weighted by Crippen LogP contribution is 2.24. The van der Waals surface area contributed by atoms with Crippen LogP contribution in [0.1, 0.15) is 31.0 Å². The molecule has 2 rings (SSSR count). The van der Waals surface area contributed by atoms with Gasteiger partial charge in [0.2, 0.25) is 15.9 Å². The molecule has 8 heteroatoms. The van der Waals surface area contributed by atoms with Crippen LogP contribution in [-0.4, -0.2) is 45.1 Å². The summed E-state index contributed by atoms with van der Waals surface area (Å²) in [5.74, 6) is 0.285. The number of sulfonamides is 1. The first-order chi connectivity index (χ1) is 13.7. The zero-order valence-electron chi connectivity index (χ0n) is 17.4. The SMILES string of the molecule is CCOc1ccc(S(=O)(=O)N(C)CC(=O)N[C@H](C)c2ccc(SC)cc2)cc1C. The second-order valence-electron chi connectivity index (χ2n) is 6.68. The normalized spacial score (nSPS) is 12.6. The van der Waals surface area contributed by atoms with E-state index in [9.17, 15) is 13.2 Å². The molecule has 0 bridgehead atoms. The lowest BCUT2D eigenvalue weighted by Gasteiger charge is -2.20. The van der Waals surface area contributed by atoms with Crippen molar-refractivity contribution in [3.8, 4) is 5.75 Å². The van der Waals surface area contributed by atoms with Crippen molar-refractivity contribution in [1.82, 2.24) is 9.62 Å². The Kier molecular flexibility index (Phi) is 8.13. The number of thioether (sulfide) groups is 1. The minimum Gasteiger partial charge on any atom is -0.494 e. The predicted molar refractivity (Wildman–Crippen MR) is 117 cm³/mol. The van der Waals surface area contributed by atoms with Crippen LogP contribution in [0.3, 0.4) is 0 Å². The molecule has 1 amide bonds. The molecule has 0 aliphatic carbocycles. The molecule has 2 aromatic rings. The Hall–Kier alpha value is -2.03. The third-order valence-corrected chi connectivity index (χ3v) is 7.06. The number of nitrogens with one attached hydrogen (secondary N) is 1. The van der Waals surface area contributed by atoms with E-state index in [1.54, 1.807) is 30.8 Å². The van der Waals surface area contributed by atoms with Gasteiger partial charge in [-0.1, -0.05) is 12.1 Å². The highest BCUT2D eigenvalue weighted by atomic mass is 32.2. The summed E-state index contributed by atoms with van der Waals surface area (Å²) in [7, 11) is -2.38. The quantitative estimate of drug-likeness (QED) is 0.608. The molecule has 0 radical (unpaired) electrons. The molecule has 0 saturated carbocycles. The van der Waals surface area contributed by atoms with E-state index in [4.69, 9.17) is 4.74 Å². The van der Waals surface area contributed by atoms with Crippen LogP contribution in [0.2, 0.25) is 0 Å². The number of hydrogen-bond donors (Lipinski definition) is 1. The second kappa shape index (κ2) is 10.1. The van der Waals surface area contributed by atoms with Gasteiger partial charge in [-0.2, -0.15) is 4.31 Å². The molecule has 6 nitrogen and oxygen atoms in total. The number of carbonyl (C=O) groups is 1. The van der Waals surface area contributed by atoms with E-state index in [2.05, 4.69) is 5.32 Å². The molecule has 2 aromatic carbocycles. The topological polar surface area (TPSA) is 75.7 Å². The number of carbonyl (C=O) groups excluding carboxylic acids is 1. The minimum absolute atomic E-state index is 0.134. The lowest BCUT2D eigenvalue weighted by atomic mass is 10.1. The summed E-state index contributed by atoms with van der Waals surface area (Å²) in [5.41, 5.74) is 1.69. The summed E-state index contributed by atoms with van der Waals surface area (Å²) in [6.45, 7) is 5.78. The van der Waals surface area contributed by atoms with Crippen LogP contribution in [0.4, 0.5) is 0 Å². The van der Waals surface area contributed by atoms with E-state index in [-0.39, 0.29) is 23.4 Å². The van der Waals surface area contributed by atoms with Crippen LogP contribution in [0, 0.1) is 6.92 Å². The van der Waals surface area contributed by atoms with Crippen molar-refractivity contribution in [2.45, 2.75) is 36.6 Å². The maximum absolute atomic E-state index is 12.8. The molecular formula is C21H28N2O4S2. The first-order valence-electron chi connectivity index (χ1n) is 9.32. The van der Waals surface area contributed by atoms with Gasteiger partial charge in [-0.05, 0) is 68.5 Å². The third-order valence-electron chi connectivity index (χ3n) is 4.51. The fourth-order valence-corrected chi connectivity index (χ4v) is 4.45. The molecule has 1 atom stereocenters. The summed E-state index contributed by atoms with van der Waals surface area (Å²) >= 11 is 1.65. The Balaban J connectivity index is 2.04. The molecule has 0 spiro atoms. The van der Waals surface area contributed by atoms with Gasteiger partial charge in [-0.25, -0.2) is 8.42 Å². The first kappa shape index (κ1) is 23.3. The first-order valence-corrected chi connectivity index (χ1v) is 12.0. The van der Waals surface area contributed by atoms with Crippen molar-refractivity contribution in [1.29, 1.82) is 0 Å². The van der Waals surface area contributed by atoms with Crippen LogP contribution >= 0.6 is 11.8 Å². The molecule has 1 N–H and O–H groups in total. The lowest BCUT2D eigenvalue weighted by molar-refractivity contribution is -0.121. The maximum Gasteiger partial charge on any atom is 0.243 e. The second-order valence-corrected chi connectivity index (χ2v) is 9.61. The Morgan fingerprint density at radius 3 is 2.41 bits per heavy atom. The van der Waals surface area contributed by atoms with Gasteiger partial charge in [0.15, 0.2) is 0 Å². The van der Waals surface area contributed by atoms with Crippen molar-refractivity contribution in [3.05, 3.63) is 53.6 Å². The third kappa shape index (κ3) is 5.98. The van der Waals surface area contributed by atoms with Gasteiger partial charge in [0, 0.05) is 11.9 Å². The molecule has 29 heavy (non-hydrogen) atoms. The fourth-order valence-electron chi connectivity index (χ4n) is 2.83.